The number of hydrogen-bond donors (Lipinski definition) is 0. The van der Waals surface area contributed by atoms with Crippen LogP contribution in [0.15, 0.2) is 18.5 Å². The predicted molar refractivity (Wildman–Crippen MR) is 63.4 cm³/mol. The maximum absolute atomic E-state index is 6.13. The van der Waals surface area contributed by atoms with E-state index < -0.39 is 0 Å². The van der Waals surface area contributed by atoms with Crippen molar-refractivity contribution in [1.29, 1.82) is 0 Å². The Hall–Kier alpha value is -0.310. The first-order valence-electron chi connectivity index (χ1n) is 5.20. The van der Waals surface area contributed by atoms with E-state index in [1.807, 2.05) is 6.07 Å². The SMILES string of the molecule is Clc1cnccc1CN1CCCC(Cl)C1. The number of rotatable bonds is 2. The summed E-state index contributed by atoms with van der Waals surface area (Å²) in [7, 11) is 0. The van der Waals surface area contributed by atoms with Gasteiger partial charge in [0.05, 0.1) is 5.02 Å². The Morgan fingerprint density at radius 3 is 3.13 bits per heavy atom. The molecule has 0 spiro atoms. The average molecular weight is 245 g/mol. The van der Waals surface area contributed by atoms with E-state index in [1.54, 1.807) is 12.4 Å². The van der Waals surface area contributed by atoms with Crippen molar-refractivity contribution in [1.82, 2.24) is 9.88 Å². The second-order valence-electron chi connectivity index (χ2n) is 3.94. The molecule has 0 saturated carbocycles. The molecular formula is C11H14Cl2N2. The molecule has 1 unspecified atom stereocenters. The Labute approximate surface area is 100 Å². The highest BCUT2D eigenvalue weighted by Crippen LogP contribution is 2.20. The number of piperidine rings is 1. The maximum Gasteiger partial charge on any atom is 0.0634 e. The van der Waals surface area contributed by atoms with Gasteiger partial charge in [-0.1, -0.05) is 11.6 Å². The summed E-state index contributed by atoms with van der Waals surface area (Å²) in [4.78, 5) is 6.33. The van der Waals surface area contributed by atoms with Crippen molar-refractivity contribution in [2.24, 2.45) is 0 Å². The number of pyridine rings is 1. The number of halogens is 2. The van der Waals surface area contributed by atoms with Gasteiger partial charge in [0, 0.05) is 30.9 Å². The van der Waals surface area contributed by atoms with Gasteiger partial charge in [-0.05, 0) is 31.0 Å². The van der Waals surface area contributed by atoms with E-state index in [-0.39, 0.29) is 0 Å². The molecule has 1 saturated heterocycles. The summed E-state index contributed by atoms with van der Waals surface area (Å²) in [6, 6.07) is 1.97. The van der Waals surface area contributed by atoms with Gasteiger partial charge in [-0.2, -0.15) is 0 Å². The highest BCUT2D eigenvalue weighted by Gasteiger charge is 2.18. The van der Waals surface area contributed by atoms with Crippen molar-refractivity contribution in [3.05, 3.63) is 29.0 Å². The van der Waals surface area contributed by atoms with Crippen LogP contribution in [0.5, 0.6) is 0 Å². The summed E-state index contributed by atoms with van der Waals surface area (Å²) in [6.45, 7) is 2.95. The fraction of sp³-hybridized carbons (Fsp3) is 0.545. The zero-order valence-electron chi connectivity index (χ0n) is 8.50. The normalized spacial score (nSPS) is 22.9. The van der Waals surface area contributed by atoms with E-state index in [0.29, 0.717) is 5.38 Å². The van der Waals surface area contributed by atoms with E-state index in [1.165, 1.54) is 6.42 Å². The summed E-state index contributed by atoms with van der Waals surface area (Å²) in [5.74, 6) is 0. The molecular weight excluding hydrogens is 231 g/mol. The van der Waals surface area contributed by atoms with Crippen LogP contribution in [0.1, 0.15) is 18.4 Å². The largest absolute Gasteiger partial charge is 0.298 e. The molecule has 1 aliphatic heterocycles. The number of likely N-dealkylation sites (tertiary alicyclic amines) is 1. The summed E-state index contributed by atoms with van der Waals surface area (Å²) in [5, 5.41) is 1.04. The smallest absolute Gasteiger partial charge is 0.0634 e. The number of nitrogens with zero attached hydrogens (tertiary/aromatic N) is 2. The summed E-state index contributed by atoms with van der Waals surface area (Å²) < 4.78 is 0. The van der Waals surface area contributed by atoms with Gasteiger partial charge in [0.25, 0.3) is 0 Å². The number of aromatic nitrogens is 1. The van der Waals surface area contributed by atoms with Gasteiger partial charge in [0.1, 0.15) is 0 Å². The lowest BCUT2D eigenvalue weighted by Gasteiger charge is -2.29. The van der Waals surface area contributed by atoms with Gasteiger partial charge in [0.15, 0.2) is 0 Å². The predicted octanol–water partition coefficient (Wildman–Crippen LogP) is 2.94. The minimum atomic E-state index is 0.291. The second kappa shape index (κ2) is 5.15. The molecule has 2 rings (SSSR count). The highest BCUT2D eigenvalue weighted by molar-refractivity contribution is 6.31. The van der Waals surface area contributed by atoms with Gasteiger partial charge < -0.3 is 0 Å². The minimum absolute atomic E-state index is 0.291. The molecule has 4 heteroatoms. The Kier molecular flexibility index (Phi) is 3.84. The lowest BCUT2D eigenvalue weighted by molar-refractivity contribution is 0.224. The highest BCUT2D eigenvalue weighted by atomic mass is 35.5. The van der Waals surface area contributed by atoms with Crippen molar-refractivity contribution in [3.63, 3.8) is 0 Å². The standard InChI is InChI=1S/C11H14Cl2N2/c12-10-2-1-5-15(8-10)7-9-3-4-14-6-11(9)13/h3-4,6,10H,1-2,5,7-8H2. The maximum atomic E-state index is 6.13. The van der Waals surface area contributed by atoms with Gasteiger partial charge in [-0.3, -0.25) is 9.88 Å². The van der Waals surface area contributed by atoms with Crippen LogP contribution in [0, 0.1) is 0 Å². The fourth-order valence-electron chi connectivity index (χ4n) is 1.92. The van der Waals surface area contributed by atoms with Crippen LogP contribution in [0.3, 0.4) is 0 Å². The number of alkyl halides is 1. The fourth-order valence-corrected chi connectivity index (χ4v) is 2.44. The molecule has 0 aliphatic carbocycles. The molecule has 82 valence electrons. The van der Waals surface area contributed by atoms with Crippen LogP contribution in [-0.2, 0) is 6.54 Å². The van der Waals surface area contributed by atoms with Gasteiger partial charge in [-0.25, -0.2) is 0 Å². The second-order valence-corrected chi connectivity index (χ2v) is 4.97. The monoisotopic (exact) mass is 244 g/mol. The lowest BCUT2D eigenvalue weighted by atomic mass is 10.1. The van der Waals surface area contributed by atoms with E-state index >= 15 is 0 Å². The first-order valence-corrected chi connectivity index (χ1v) is 6.02. The average Bonchev–Trinajstić information content (AvgIpc) is 2.22. The molecule has 0 bridgehead atoms. The van der Waals surface area contributed by atoms with E-state index in [2.05, 4.69) is 9.88 Å². The lowest BCUT2D eigenvalue weighted by Crippen LogP contribution is -2.35. The third kappa shape index (κ3) is 3.07. The molecule has 15 heavy (non-hydrogen) atoms. The minimum Gasteiger partial charge on any atom is -0.298 e. The van der Waals surface area contributed by atoms with Crippen LogP contribution in [-0.4, -0.2) is 28.4 Å². The molecule has 2 nitrogen and oxygen atoms in total. The quantitative estimate of drug-likeness (QED) is 0.745. The third-order valence-electron chi connectivity index (χ3n) is 2.70. The molecule has 1 aromatic heterocycles. The molecule has 0 aromatic carbocycles. The van der Waals surface area contributed by atoms with Crippen molar-refractivity contribution in [2.75, 3.05) is 13.1 Å². The van der Waals surface area contributed by atoms with Crippen LogP contribution in [0.25, 0.3) is 0 Å². The topological polar surface area (TPSA) is 16.1 Å². The summed E-state index contributed by atoms with van der Waals surface area (Å²) in [6.07, 6.45) is 5.78. The van der Waals surface area contributed by atoms with Crippen LogP contribution in [0.2, 0.25) is 5.02 Å². The molecule has 1 fully saturated rings. The van der Waals surface area contributed by atoms with Crippen molar-refractivity contribution in [2.45, 2.75) is 24.8 Å². The van der Waals surface area contributed by atoms with Crippen LogP contribution >= 0.6 is 23.2 Å². The summed E-state index contributed by atoms with van der Waals surface area (Å²) in [5.41, 5.74) is 1.14. The zero-order valence-corrected chi connectivity index (χ0v) is 10.0. The van der Waals surface area contributed by atoms with Crippen molar-refractivity contribution in [3.8, 4) is 0 Å². The number of hydrogen-bond acceptors (Lipinski definition) is 2. The Morgan fingerprint density at radius 1 is 1.53 bits per heavy atom. The summed E-state index contributed by atoms with van der Waals surface area (Å²) >= 11 is 12.2. The van der Waals surface area contributed by atoms with E-state index in [9.17, 15) is 0 Å². The Bertz CT molecular complexity index is 330. The van der Waals surface area contributed by atoms with Gasteiger partial charge in [0.2, 0.25) is 0 Å². The van der Waals surface area contributed by atoms with Crippen LogP contribution in [0.4, 0.5) is 0 Å². The molecule has 1 atom stereocenters. The Balaban J connectivity index is 1.99. The molecule has 0 N–H and O–H groups in total. The molecule has 2 heterocycles. The molecule has 1 aliphatic rings. The molecule has 0 radical (unpaired) electrons. The third-order valence-corrected chi connectivity index (χ3v) is 3.39. The molecule has 1 aromatic rings. The van der Waals surface area contributed by atoms with Crippen molar-refractivity contribution < 1.29 is 0 Å². The van der Waals surface area contributed by atoms with E-state index in [4.69, 9.17) is 23.2 Å². The van der Waals surface area contributed by atoms with Crippen LogP contribution < -0.4 is 0 Å². The zero-order chi connectivity index (χ0) is 10.7. The first kappa shape index (κ1) is 11.2. The Morgan fingerprint density at radius 2 is 2.40 bits per heavy atom. The van der Waals surface area contributed by atoms with E-state index in [0.717, 1.165) is 36.6 Å². The van der Waals surface area contributed by atoms with Crippen molar-refractivity contribution >= 4 is 23.2 Å². The molecule has 0 amide bonds. The van der Waals surface area contributed by atoms with Gasteiger partial charge in [-0.15, -0.1) is 11.6 Å². The van der Waals surface area contributed by atoms with Gasteiger partial charge >= 0.3 is 0 Å². The first-order chi connectivity index (χ1) is 7.25.